The molecule has 0 radical (unpaired) electrons. The van der Waals surface area contributed by atoms with E-state index in [0.717, 1.165) is 0 Å². The third-order valence-corrected chi connectivity index (χ3v) is 2.21. The molecule has 0 aliphatic rings. The number of carbonyl (C=O) groups excluding carboxylic acids is 2. The van der Waals surface area contributed by atoms with Gasteiger partial charge in [-0.2, -0.15) is 0 Å². The van der Waals surface area contributed by atoms with Crippen LogP contribution in [0.1, 0.15) is 27.6 Å². The molecule has 0 fully saturated rings. The van der Waals surface area contributed by atoms with Gasteiger partial charge in [-0.25, -0.2) is 9.59 Å². The van der Waals surface area contributed by atoms with Crippen LogP contribution in [0.25, 0.3) is 0 Å². The molecule has 16 heavy (non-hydrogen) atoms. The Morgan fingerprint density at radius 2 is 2.00 bits per heavy atom. The third kappa shape index (κ3) is 2.52. The molecule has 0 heterocycles. The van der Waals surface area contributed by atoms with Gasteiger partial charge in [0.05, 0.1) is 29.9 Å². The van der Waals surface area contributed by atoms with E-state index in [0.29, 0.717) is 0 Å². The van der Waals surface area contributed by atoms with Crippen molar-refractivity contribution in [1.29, 1.82) is 0 Å². The maximum atomic E-state index is 11.5. The highest BCUT2D eigenvalue weighted by Gasteiger charge is 2.21. The highest BCUT2D eigenvalue weighted by atomic mass is 35.5. The molecule has 0 saturated carbocycles. The summed E-state index contributed by atoms with van der Waals surface area (Å²) >= 11 is 5.84. The summed E-state index contributed by atoms with van der Waals surface area (Å²) in [5, 5.41) is 0.164. The lowest BCUT2D eigenvalue weighted by Crippen LogP contribution is -2.13. The molecule has 0 amide bonds. The average molecular weight is 243 g/mol. The van der Waals surface area contributed by atoms with Gasteiger partial charge in [0, 0.05) is 0 Å². The van der Waals surface area contributed by atoms with Crippen molar-refractivity contribution < 1.29 is 19.1 Å². The van der Waals surface area contributed by atoms with Crippen molar-refractivity contribution in [2.75, 3.05) is 13.7 Å². The van der Waals surface area contributed by atoms with Crippen LogP contribution in [0.5, 0.6) is 0 Å². The molecular weight excluding hydrogens is 232 g/mol. The van der Waals surface area contributed by atoms with Crippen LogP contribution in [0.4, 0.5) is 0 Å². The number of benzene rings is 1. The summed E-state index contributed by atoms with van der Waals surface area (Å²) in [4.78, 5) is 23.0. The van der Waals surface area contributed by atoms with Crippen molar-refractivity contribution in [3.05, 3.63) is 34.3 Å². The topological polar surface area (TPSA) is 52.6 Å². The molecule has 0 unspecified atom stereocenters. The minimum Gasteiger partial charge on any atom is -0.465 e. The van der Waals surface area contributed by atoms with Crippen LogP contribution < -0.4 is 0 Å². The van der Waals surface area contributed by atoms with Crippen LogP contribution in [-0.2, 0) is 9.47 Å². The summed E-state index contributed by atoms with van der Waals surface area (Å²) < 4.78 is 9.37. The first-order chi connectivity index (χ1) is 7.61. The zero-order chi connectivity index (χ0) is 12.1. The van der Waals surface area contributed by atoms with Gasteiger partial charge in [-0.15, -0.1) is 0 Å². The van der Waals surface area contributed by atoms with Gasteiger partial charge in [0.15, 0.2) is 0 Å². The number of carbonyl (C=O) groups is 2. The van der Waals surface area contributed by atoms with E-state index < -0.39 is 11.9 Å². The smallest absolute Gasteiger partial charge is 0.340 e. The second kappa shape index (κ2) is 5.51. The summed E-state index contributed by atoms with van der Waals surface area (Å²) in [6, 6.07) is 4.55. The second-order valence-corrected chi connectivity index (χ2v) is 3.28. The second-order valence-electron chi connectivity index (χ2n) is 2.87. The van der Waals surface area contributed by atoms with E-state index >= 15 is 0 Å². The standard InChI is InChI=1S/C11H11ClO4/c1-3-16-10(13)7-5-4-6-8(12)9(7)11(14)15-2/h4-6H,3H2,1-2H3. The monoisotopic (exact) mass is 242 g/mol. The summed E-state index contributed by atoms with van der Waals surface area (Å²) in [6.07, 6.45) is 0. The molecule has 0 aliphatic heterocycles. The molecule has 0 saturated heterocycles. The Labute approximate surface area is 98.1 Å². The highest BCUT2D eigenvalue weighted by Crippen LogP contribution is 2.21. The Bertz CT molecular complexity index is 414. The van der Waals surface area contributed by atoms with Crippen LogP contribution in [0, 0.1) is 0 Å². The Balaban J connectivity index is 3.22. The van der Waals surface area contributed by atoms with Crippen LogP contribution in [0.15, 0.2) is 18.2 Å². The lowest BCUT2D eigenvalue weighted by atomic mass is 10.1. The molecule has 1 rings (SSSR count). The van der Waals surface area contributed by atoms with Gasteiger partial charge in [-0.3, -0.25) is 0 Å². The van der Waals surface area contributed by atoms with Crippen LogP contribution in [0.2, 0.25) is 5.02 Å². The van der Waals surface area contributed by atoms with Crippen LogP contribution in [-0.4, -0.2) is 25.7 Å². The van der Waals surface area contributed by atoms with E-state index in [9.17, 15) is 9.59 Å². The number of hydrogen-bond acceptors (Lipinski definition) is 4. The fourth-order valence-corrected chi connectivity index (χ4v) is 1.46. The summed E-state index contributed by atoms with van der Waals surface area (Å²) in [7, 11) is 1.22. The molecule has 0 bridgehead atoms. The first kappa shape index (κ1) is 12.5. The molecule has 4 nitrogen and oxygen atoms in total. The van der Waals surface area contributed by atoms with Gasteiger partial charge in [0.1, 0.15) is 0 Å². The number of hydrogen-bond donors (Lipinski definition) is 0. The first-order valence-corrected chi connectivity index (χ1v) is 5.03. The average Bonchev–Trinajstić information content (AvgIpc) is 2.28. The molecule has 86 valence electrons. The lowest BCUT2D eigenvalue weighted by molar-refractivity contribution is 0.0504. The summed E-state index contributed by atoms with van der Waals surface area (Å²) in [5.41, 5.74) is 0.145. The Morgan fingerprint density at radius 3 is 2.56 bits per heavy atom. The Hall–Kier alpha value is -1.55. The fraction of sp³-hybridized carbons (Fsp3) is 0.273. The van der Waals surface area contributed by atoms with Gasteiger partial charge in [0.2, 0.25) is 0 Å². The predicted molar refractivity (Wildman–Crippen MR) is 58.7 cm³/mol. The van der Waals surface area contributed by atoms with E-state index in [1.807, 2.05) is 0 Å². The minimum absolute atomic E-state index is 0.0325. The van der Waals surface area contributed by atoms with Crippen molar-refractivity contribution in [1.82, 2.24) is 0 Å². The largest absolute Gasteiger partial charge is 0.465 e. The number of ether oxygens (including phenoxy) is 2. The van der Waals surface area contributed by atoms with Crippen molar-refractivity contribution in [2.45, 2.75) is 6.92 Å². The quantitative estimate of drug-likeness (QED) is 0.764. The third-order valence-electron chi connectivity index (χ3n) is 1.90. The molecule has 0 spiro atoms. The van der Waals surface area contributed by atoms with Crippen molar-refractivity contribution in [2.24, 2.45) is 0 Å². The summed E-state index contributed by atoms with van der Waals surface area (Å²) in [6.45, 7) is 1.91. The molecule has 1 aromatic carbocycles. The van der Waals surface area contributed by atoms with E-state index in [2.05, 4.69) is 4.74 Å². The van der Waals surface area contributed by atoms with E-state index in [1.54, 1.807) is 13.0 Å². The van der Waals surface area contributed by atoms with Crippen LogP contribution >= 0.6 is 11.6 Å². The molecule has 0 atom stereocenters. The number of esters is 2. The lowest BCUT2D eigenvalue weighted by Gasteiger charge is -2.08. The maximum absolute atomic E-state index is 11.5. The van der Waals surface area contributed by atoms with E-state index in [1.165, 1.54) is 19.2 Å². The molecule has 0 N–H and O–H groups in total. The molecule has 0 aliphatic carbocycles. The normalized spacial score (nSPS) is 9.69. The first-order valence-electron chi connectivity index (χ1n) is 4.65. The SMILES string of the molecule is CCOC(=O)c1cccc(Cl)c1C(=O)OC. The molecule has 1 aromatic rings. The Morgan fingerprint density at radius 1 is 1.31 bits per heavy atom. The van der Waals surface area contributed by atoms with Gasteiger partial charge < -0.3 is 9.47 Å². The number of rotatable bonds is 3. The number of methoxy groups -OCH3 is 1. The molecule has 0 aromatic heterocycles. The Kier molecular flexibility index (Phi) is 4.31. The van der Waals surface area contributed by atoms with Gasteiger partial charge in [0.25, 0.3) is 0 Å². The fourth-order valence-electron chi connectivity index (χ4n) is 1.21. The van der Waals surface area contributed by atoms with E-state index in [-0.39, 0.29) is 22.8 Å². The van der Waals surface area contributed by atoms with Gasteiger partial charge in [-0.1, -0.05) is 17.7 Å². The van der Waals surface area contributed by atoms with Gasteiger partial charge >= 0.3 is 11.9 Å². The zero-order valence-electron chi connectivity index (χ0n) is 8.95. The van der Waals surface area contributed by atoms with Crippen molar-refractivity contribution >= 4 is 23.5 Å². The number of halogens is 1. The van der Waals surface area contributed by atoms with Crippen molar-refractivity contribution in [3.8, 4) is 0 Å². The highest BCUT2D eigenvalue weighted by molar-refractivity contribution is 6.34. The minimum atomic E-state index is -0.659. The predicted octanol–water partition coefficient (Wildman–Crippen LogP) is 2.30. The zero-order valence-corrected chi connectivity index (χ0v) is 9.71. The van der Waals surface area contributed by atoms with Crippen molar-refractivity contribution in [3.63, 3.8) is 0 Å². The van der Waals surface area contributed by atoms with E-state index in [4.69, 9.17) is 16.3 Å². The summed E-state index contributed by atoms with van der Waals surface area (Å²) in [5.74, 6) is -1.25. The van der Waals surface area contributed by atoms with Gasteiger partial charge in [-0.05, 0) is 19.1 Å². The van der Waals surface area contributed by atoms with Crippen LogP contribution in [0.3, 0.4) is 0 Å². The maximum Gasteiger partial charge on any atom is 0.340 e. The molecule has 5 heteroatoms. The molecular formula is C11H11ClO4.